The average Bonchev–Trinajstić information content (AvgIpc) is 3.17. The highest BCUT2D eigenvalue weighted by atomic mass is 16.3. The molecule has 2 aliphatic carbocycles. The number of nitrogens with zero attached hydrogens (tertiary/aromatic N) is 1. The Morgan fingerprint density at radius 3 is 2.65 bits per heavy atom. The van der Waals surface area contributed by atoms with Gasteiger partial charge in [0.05, 0.1) is 13.1 Å². The summed E-state index contributed by atoms with van der Waals surface area (Å²) in [6.07, 6.45) is 5.59. The molecule has 0 amide bonds. The second-order valence-corrected chi connectivity index (χ2v) is 5.63. The van der Waals surface area contributed by atoms with Crippen LogP contribution >= 0.6 is 0 Å². The molecule has 94 valence electrons. The summed E-state index contributed by atoms with van der Waals surface area (Å²) < 4.78 is 5.81. The molecule has 2 aliphatic rings. The number of nitrogens with two attached hydrogens (primary N) is 1. The molecular weight excluding hydrogens is 212 g/mol. The van der Waals surface area contributed by atoms with E-state index >= 15 is 0 Å². The largest absolute Gasteiger partial charge is 0.463 e. The summed E-state index contributed by atoms with van der Waals surface area (Å²) in [7, 11) is 0. The Morgan fingerprint density at radius 2 is 2.12 bits per heavy atom. The van der Waals surface area contributed by atoms with E-state index in [-0.39, 0.29) is 0 Å². The highest BCUT2D eigenvalue weighted by Gasteiger charge is 2.34. The lowest BCUT2D eigenvalue weighted by Gasteiger charge is -2.20. The van der Waals surface area contributed by atoms with Gasteiger partial charge in [0.1, 0.15) is 11.5 Å². The van der Waals surface area contributed by atoms with Crippen LogP contribution in [0.1, 0.15) is 42.8 Å². The summed E-state index contributed by atoms with van der Waals surface area (Å²) >= 11 is 0. The molecular formula is C14H22N2O. The third kappa shape index (κ3) is 2.72. The minimum atomic E-state index is 0.512. The second-order valence-electron chi connectivity index (χ2n) is 5.63. The minimum absolute atomic E-state index is 0.512. The summed E-state index contributed by atoms with van der Waals surface area (Å²) in [5, 5.41) is 0. The van der Waals surface area contributed by atoms with Gasteiger partial charge in [-0.05, 0) is 50.2 Å². The summed E-state index contributed by atoms with van der Waals surface area (Å²) in [5.41, 5.74) is 6.85. The third-order valence-electron chi connectivity index (χ3n) is 3.87. The van der Waals surface area contributed by atoms with Crippen LogP contribution < -0.4 is 5.73 Å². The Morgan fingerprint density at radius 1 is 1.35 bits per heavy atom. The molecule has 0 bridgehead atoms. The zero-order valence-corrected chi connectivity index (χ0v) is 10.6. The van der Waals surface area contributed by atoms with Crippen LogP contribution in [0.4, 0.5) is 0 Å². The number of aryl methyl sites for hydroxylation is 1. The van der Waals surface area contributed by atoms with E-state index in [1.165, 1.54) is 37.8 Å². The molecule has 3 rings (SSSR count). The van der Waals surface area contributed by atoms with Crippen molar-refractivity contribution < 1.29 is 4.42 Å². The van der Waals surface area contributed by atoms with Crippen molar-refractivity contribution in [3.8, 4) is 0 Å². The van der Waals surface area contributed by atoms with Gasteiger partial charge in [0.15, 0.2) is 0 Å². The standard InChI is InChI=1S/C14H22N2O/c1-10-6-13(17-14(10)7-15)9-16(12-4-5-12)8-11-2-3-11/h6,11-12H,2-5,7-9,15H2,1H3. The molecule has 0 radical (unpaired) electrons. The van der Waals surface area contributed by atoms with Gasteiger partial charge >= 0.3 is 0 Å². The molecule has 0 aromatic carbocycles. The SMILES string of the molecule is Cc1cc(CN(CC2CC2)C2CC2)oc1CN. The van der Waals surface area contributed by atoms with Crippen LogP contribution in [0, 0.1) is 12.8 Å². The van der Waals surface area contributed by atoms with Gasteiger partial charge in [0, 0.05) is 12.6 Å². The highest BCUT2D eigenvalue weighted by Crippen LogP contribution is 2.35. The van der Waals surface area contributed by atoms with Crippen molar-refractivity contribution in [3.05, 3.63) is 23.2 Å². The first-order valence-corrected chi connectivity index (χ1v) is 6.78. The predicted molar refractivity (Wildman–Crippen MR) is 67.5 cm³/mol. The molecule has 2 fully saturated rings. The quantitative estimate of drug-likeness (QED) is 0.822. The zero-order chi connectivity index (χ0) is 11.8. The molecule has 0 atom stereocenters. The summed E-state index contributed by atoms with van der Waals surface area (Å²) in [6, 6.07) is 2.98. The normalized spacial score (nSPS) is 20.2. The smallest absolute Gasteiger partial charge is 0.120 e. The first-order valence-electron chi connectivity index (χ1n) is 6.78. The van der Waals surface area contributed by atoms with E-state index in [2.05, 4.69) is 17.9 Å². The van der Waals surface area contributed by atoms with Crippen LogP contribution in [-0.2, 0) is 13.1 Å². The van der Waals surface area contributed by atoms with E-state index in [0.717, 1.165) is 30.0 Å². The molecule has 0 unspecified atom stereocenters. The molecule has 0 saturated heterocycles. The van der Waals surface area contributed by atoms with E-state index in [1.807, 2.05) is 0 Å². The van der Waals surface area contributed by atoms with Crippen molar-refractivity contribution in [3.63, 3.8) is 0 Å². The van der Waals surface area contributed by atoms with Gasteiger partial charge in [-0.3, -0.25) is 4.90 Å². The van der Waals surface area contributed by atoms with Gasteiger partial charge in [0.2, 0.25) is 0 Å². The van der Waals surface area contributed by atoms with Crippen LogP contribution in [-0.4, -0.2) is 17.5 Å². The van der Waals surface area contributed by atoms with Crippen LogP contribution in [0.5, 0.6) is 0 Å². The molecule has 1 aromatic heterocycles. The lowest BCUT2D eigenvalue weighted by atomic mass is 10.2. The van der Waals surface area contributed by atoms with E-state index in [0.29, 0.717) is 6.54 Å². The minimum Gasteiger partial charge on any atom is -0.463 e. The number of furan rings is 1. The zero-order valence-electron chi connectivity index (χ0n) is 10.6. The second kappa shape index (κ2) is 4.46. The van der Waals surface area contributed by atoms with Gasteiger partial charge < -0.3 is 10.2 Å². The Hall–Kier alpha value is -0.800. The van der Waals surface area contributed by atoms with E-state index in [1.54, 1.807) is 0 Å². The molecule has 0 spiro atoms. The Bertz CT molecular complexity index is 391. The van der Waals surface area contributed by atoms with E-state index < -0.39 is 0 Å². The summed E-state index contributed by atoms with van der Waals surface area (Å²) in [4.78, 5) is 2.61. The fourth-order valence-corrected chi connectivity index (χ4v) is 2.49. The summed E-state index contributed by atoms with van der Waals surface area (Å²) in [5.74, 6) is 3.00. The van der Waals surface area contributed by atoms with Crippen molar-refractivity contribution in [1.29, 1.82) is 0 Å². The maximum atomic E-state index is 5.81. The first kappa shape index (κ1) is 11.3. The highest BCUT2D eigenvalue weighted by molar-refractivity contribution is 5.20. The monoisotopic (exact) mass is 234 g/mol. The predicted octanol–water partition coefficient (Wildman–Crippen LogP) is 2.42. The Labute approximate surface area is 103 Å². The number of hydrogen-bond donors (Lipinski definition) is 1. The summed E-state index contributed by atoms with van der Waals surface area (Å²) in [6.45, 7) is 4.83. The Kier molecular flexibility index (Phi) is 2.97. The lowest BCUT2D eigenvalue weighted by Crippen LogP contribution is -2.27. The van der Waals surface area contributed by atoms with Gasteiger partial charge in [-0.1, -0.05) is 0 Å². The molecule has 17 heavy (non-hydrogen) atoms. The number of rotatable bonds is 6. The van der Waals surface area contributed by atoms with Crippen LogP contribution in [0.25, 0.3) is 0 Å². The van der Waals surface area contributed by atoms with Crippen molar-refractivity contribution in [1.82, 2.24) is 4.90 Å². The van der Waals surface area contributed by atoms with Crippen molar-refractivity contribution in [2.24, 2.45) is 11.7 Å². The molecule has 2 saturated carbocycles. The van der Waals surface area contributed by atoms with E-state index in [4.69, 9.17) is 10.2 Å². The fourth-order valence-electron chi connectivity index (χ4n) is 2.49. The molecule has 1 heterocycles. The van der Waals surface area contributed by atoms with Crippen molar-refractivity contribution in [2.75, 3.05) is 6.54 Å². The van der Waals surface area contributed by atoms with Gasteiger partial charge in [0.25, 0.3) is 0 Å². The van der Waals surface area contributed by atoms with Crippen molar-refractivity contribution in [2.45, 2.75) is 51.7 Å². The maximum absolute atomic E-state index is 5.81. The number of hydrogen-bond acceptors (Lipinski definition) is 3. The van der Waals surface area contributed by atoms with Gasteiger partial charge in [-0.25, -0.2) is 0 Å². The van der Waals surface area contributed by atoms with Gasteiger partial charge in [-0.15, -0.1) is 0 Å². The van der Waals surface area contributed by atoms with Crippen LogP contribution in [0.3, 0.4) is 0 Å². The molecule has 3 heteroatoms. The molecule has 1 aromatic rings. The topological polar surface area (TPSA) is 42.4 Å². The third-order valence-corrected chi connectivity index (χ3v) is 3.87. The van der Waals surface area contributed by atoms with Crippen LogP contribution in [0.2, 0.25) is 0 Å². The average molecular weight is 234 g/mol. The molecule has 2 N–H and O–H groups in total. The first-order chi connectivity index (χ1) is 8.26. The molecule has 0 aliphatic heterocycles. The Balaban J connectivity index is 1.65. The maximum Gasteiger partial charge on any atom is 0.120 e. The van der Waals surface area contributed by atoms with Crippen LogP contribution in [0.15, 0.2) is 10.5 Å². The lowest BCUT2D eigenvalue weighted by molar-refractivity contribution is 0.222. The van der Waals surface area contributed by atoms with E-state index in [9.17, 15) is 0 Å². The van der Waals surface area contributed by atoms with Gasteiger partial charge in [-0.2, -0.15) is 0 Å². The van der Waals surface area contributed by atoms with Crippen molar-refractivity contribution >= 4 is 0 Å². The fraction of sp³-hybridized carbons (Fsp3) is 0.714. The molecule has 3 nitrogen and oxygen atoms in total.